The lowest BCUT2D eigenvalue weighted by molar-refractivity contribution is 0.0380. The fourth-order valence-electron chi connectivity index (χ4n) is 2.51. The van der Waals surface area contributed by atoms with Crippen LogP contribution in [0.25, 0.3) is 0 Å². The lowest BCUT2D eigenvalue weighted by Gasteiger charge is -2.30. The first-order chi connectivity index (χ1) is 11.4. The van der Waals surface area contributed by atoms with Crippen molar-refractivity contribution in [3.05, 3.63) is 46.5 Å². The predicted octanol–water partition coefficient (Wildman–Crippen LogP) is 3.41. The van der Waals surface area contributed by atoms with Gasteiger partial charge >= 0.3 is 0 Å². The number of aliphatic hydroxyl groups is 1. The zero-order chi connectivity index (χ0) is 17.6. The van der Waals surface area contributed by atoms with Gasteiger partial charge in [0.1, 0.15) is 24.2 Å². The molecule has 1 heterocycles. The molecule has 2 atom stereocenters. The number of hydrogen-bond acceptors (Lipinski definition) is 4. The highest BCUT2D eigenvalue weighted by Crippen LogP contribution is 2.33. The van der Waals surface area contributed by atoms with Crippen LogP contribution < -0.4 is 0 Å². The van der Waals surface area contributed by atoms with Crippen LogP contribution in [-0.4, -0.2) is 35.9 Å². The van der Waals surface area contributed by atoms with E-state index in [0.717, 1.165) is 19.3 Å². The molecule has 2 unspecified atom stereocenters. The van der Waals surface area contributed by atoms with Crippen molar-refractivity contribution < 1.29 is 9.66 Å². The number of halogens is 2. The lowest BCUT2D eigenvalue weighted by Crippen LogP contribution is -2.40. The minimum absolute atomic E-state index is 0.0813. The van der Waals surface area contributed by atoms with E-state index >= 15 is 0 Å². The normalized spacial score (nSPS) is 15.2. The molecule has 1 N–H and O–H groups in total. The van der Waals surface area contributed by atoms with Gasteiger partial charge in [0.15, 0.2) is 5.60 Å². The zero-order valence-corrected chi connectivity index (χ0v) is 15.8. The van der Waals surface area contributed by atoms with E-state index in [2.05, 4.69) is 17.0 Å². The van der Waals surface area contributed by atoms with Gasteiger partial charge in [0, 0.05) is 15.6 Å². The molecule has 0 fully saturated rings. The van der Waals surface area contributed by atoms with Crippen LogP contribution in [0.3, 0.4) is 0 Å². The average molecular weight is 390 g/mol. The molecule has 0 aliphatic rings. The van der Waals surface area contributed by atoms with Gasteiger partial charge < -0.3 is 9.66 Å². The van der Waals surface area contributed by atoms with Gasteiger partial charge in [-0.25, -0.2) is 9.67 Å². The van der Waals surface area contributed by atoms with Crippen LogP contribution in [0.2, 0.25) is 10.0 Å². The molecule has 2 aromatic rings. The summed E-state index contributed by atoms with van der Waals surface area (Å²) in [6, 6.07) is 4.91. The van der Waals surface area contributed by atoms with Gasteiger partial charge in [-0.1, -0.05) is 53.8 Å². The molecule has 0 radical (unpaired) electrons. The molecule has 0 spiro atoms. The van der Waals surface area contributed by atoms with Crippen molar-refractivity contribution in [3.63, 3.8) is 0 Å². The van der Waals surface area contributed by atoms with Gasteiger partial charge in [-0.2, -0.15) is 5.10 Å². The van der Waals surface area contributed by atoms with E-state index in [1.54, 1.807) is 18.2 Å². The first-order valence-electron chi connectivity index (χ1n) is 7.80. The molecule has 0 aliphatic carbocycles. The maximum atomic E-state index is 12.5. The predicted molar refractivity (Wildman–Crippen MR) is 97.8 cm³/mol. The summed E-state index contributed by atoms with van der Waals surface area (Å²) >= 11 is 11.1. The first kappa shape index (κ1) is 19.5. The van der Waals surface area contributed by atoms with Crippen LogP contribution in [0, 0.1) is 0 Å². The molecule has 0 bridgehead atoms. The number of nitrogens with zero attached hydrogens (tertiary/aromatic N) is 3. The fraction of sp³-hybridized carbons (Fsp3) is 0.500. The lowest BCUT2D eigenvalue weighted by atomic mass is 9.95. The second-order valence-corrected chi connectivity index (χ2v) is 8.16. The Labute approximate surface area is 155 Å². The molecule has 8 heteroatoms. The molecule has 24 heavy (non-hydrogen) atoms. The topological polar surface area (TPSA) is 74.0 Å². The van der Waals surface area contributed by atoms with Crippen LogP contribution in [0.4, 0.5) is 0 Å². The Hall–Kier alpha value is -0.790. The SMILES string of the molecule is CCCCC[S+]([O-])CC(O)(Cn1cncn1)c1ccc(Cl)cc1Cl. The van der Waals surface area contributed by atoms with Crippen molar-refractivity contribution >= 4 is 34.4 Å². The average Bonchev–Trinajstić information content (AvgIpc) is 2.99. The minimum atomic E-state index is -1.41. The zero-order valence-electron chi connectivity index (χ0n) is 13.5. The molecule has 1 aromatic carbocycles. The third-order valence-electron chi connectivity index (χ3n) is 3.70. The fourth-order valence-corrected chi connectivity index (χ4v) is 4.54. The van der Waals surface area contributed by atoms with Gasteiger partial charge in [0.2, 0.25) is 0 Å². The van der Waals surface area contributed by atoms with E-state index in [0.29, 0.717) is 21.4 Å². The number of aromatic nitrogens is 3. The summed E-state index contributed by atoms with van der Waals surface area (Å²) in [6.45, 7) is 2.21. The number of hydrogen-bond donors (Lipinski definition) is 1. The molecule has 0 saturated heterocycles. The highest BCUT2D eigenvalue weighted by Gasteiger charge is 2.37. The summed E-state index contributed by atoms with van der Waals surface area (Å²) in [4.78, 5) is 3.89. The molecule has 1 aromatic heterocycles. The summed E-state index contributed by atoms with van der Waals surface area (Å²) in [5, 5.41) is 16.1. The Balaban J connectivity index is 2.23. The van der Waals surface area contributed by atoms with Crippen LogP contribution in [0.15, 0.2) is 30.9 Å². The summed E-state index contributed by atoms with van der Waals surface area (Å²) < 4.78 is 14.0. The second-order valence-electron chi connectivity index (χ2n) is 5.74. The van der Waals surface area contributed by atoms with Gasteiger partial charge in [0.25, 0.3) is 0 Å². The summed E-state index contributed by atoms with van der Waals surface area (Å²) in [5.41, 5.74) is -0.917. The number of unbranched alkanes of at least 4 members (excludes halogenated alkanes) is 2. The van der Waals surface area contributed by atoms with Crippen molar-refractivity contribution in [2.24, 2.45) is 0 Å². The summed E-state index contributed by atoms with van der Waals surface area (Å²) in [7, 11) is 0. The van der Waals surface area contributed by atoms with Crippen LogP contribution >= 0.6 is 23.2 Å². The standard InChI is InChI=1S/C16H21Cl2N3O2S/c1-2-3-4-7-24(23)10-16(22,9-21-12-19-11-20-21)14-6-5-13(17)8-15(14)18/h5-6,8,11-12,22H,2-4,7,9-10H2,1H3. The molecule has 0 aliphatic heterocycles. The Morgan fingerprint density at radius 2 is 2.12 bits per heavy atom. The first-order valence-corrected chi connectivity index (χ1v) is 10.0. The van der Waals surface area contributed by atoms with Crippen molar-refractivity contribution in [2.75, 3.05) is 11.5 Å². The molecular formula is C16H21Cl2N3O2S. The molecule has 2 rings (SSSR count). The van der Waals surface area contributed by atoms with Gasteiger partial charge in [0.05, 0.1) is 6.54 Å². The van der Waals surface area contributed by atoms with Crippen molar-refractivity contribution in [2.45, 2.75) is 38.3 Å². The molecule has 0 amide bonds. The van der Waals surface area contributed by atoms with Gasteiger partial charge in [-0.05, 0) is 25.0 Å². The van der Waals surface area contributed by atoms with Crippen molar-refractivity contribution in [1.82, 2.24) is 14.8 Å². The third kappa shape index (κ3) is 5.36. The van der Waals surface area contributed by atoms with Crippen molar-refractivity contribution in [1.29, 1.82) is 0 Å². The van der Waals surface area contributed by atoms with E-state index in [9.17, 15) is 9.66 Å². The number of benzene rings is 1. The van der Waals surface area contributed by atoms with E-state index < -0.39 is 16.8 Å². The summed E-state index contributed by atoms with van der Waals surface area (Å²) in [6.07, 6.45) is 5.85. The maximum Gasteiger partial charge on any atom is 0.155 e. The van der Waals surface area contributed by atoms with Gasteiger partial charge in [-0.3, -0.25) is 0 Å². The van der Waals surface area contributed by atoms with Crippen LogP contribution in [0.1, 0.15) is 31.7 Å². The highest BCUT2D eigenvalue weighted by molar-refractivity contribution is 7.91. The van der Waals surface area contributed by atoms with E-state index in [1.807, 2.05) is 0 Å². The van der Waals surface area contributed by atoms with E-state index in [4.69, 9.17) is 23.2 Å². The Bertz CT molecular complexity index is 642. The highest BCUT2D eigenvalue weighted by atomic mass is 35.5. The smallest absolute Gasteiger partial charge is 0.155 e. The quantitative estimate of drug-likeness (QED) is 0.526. The second kappa shape index (κ2) is 9.06. The maximum absolute atomic E-state index is 12.5. The third-order valence-corrected chi connectivity index (χ3v) is 5.79. The van der Waals surface area contributed by atoms with E-state index in [-0.39, 0.29) is 12.3 Å². The Morgan fingerprint density at radius 1 is 1.33 bits per heavy atom. The van der Waals surface area contributed by atoms with E-state index in [1.165, 1.54) is 17.3 Å². The molecular weight excluding hydrogens is 369 g/mol. The molecule has 132 valence electrons. The molecule has 5 nitrogen and oxygen atoms in total. The van der Waals surface area contributed by atoms with Gasteiger partial charge in [-0.15, -0.1) is 0 Å². The largest absolute Gasteiger partial charge is 0.616 e. The van der Waals surface area contributed by atoms with Crippen LogP contribution in [-0.2, 0) is 23.3 Å². The monoisotopic (exact) mass is 389 g/mol. The van der Waals surface area contributed by atoms with Crippen LogP contribution in [0.5, 0.6) is 0 Å². The minimum Gasteiger partial charge on any atom is -0.616 e. The summed E-state index contributed by atoms with van der Waals surface area (Å²) in [5.74, 6) is 0.636. The Kier molecular flexibility index (Phi) is 7.37. The number of rotatable bonds is 9. The molecule has 0 saturated carbocycles. The van der Waals surface area contributed by atoms with Crippen molar-refractivity contribution in [3.8, 4) is 0 Å². The Morgan fingerprint density at radius 3 is 2.75 bits per heavy atom.